The number of halogens is 7. The second-order valence-electron chi connectivity index (χ2n) is 1.96. The zero-order chi connectivity index (χ0) is 11.8. The maximum absolute atomic E-state index is 12.2. The summed E-state index contributed by atoms with van der Waals surface area (Å²) in [6, 6.07) is 0. The molecule has 1 N–H and O–H groups in total. The molecule has 0 radical (unpaired) electrons. The molecule has 0 rings (SSSR count). The Morgan fingerprint density at radius 3 is 1.29 bits per heavy atom. The van der Waals surface area contributed by atoms with Gasteiger partial charge in [-0.05, 0) is 0 Å². The highest BCUT2D eigenvalue weighted by Gasteiger charge is 2.76. The van der Waals surface area contributed by atoms with Gasteiger partial charge in [0.1, 0.15) is 0 Å². The van der Waals surface area contributed by atoms with Crippen molar-refractivity contribution in [1.29, 1.82) is 0 Å². The van der Waals surface area contributed by atoms with E-state index in [1.54, 1.807) is 0 Å². The lowest BCUT2D eigenvalue weighted by Gasteiger charge is -2.27. The van der Waals surface area contributed by atoms with Crippen molar-refractivity contribution >= 4 is 6.16 Å². The number of carboxylic acid groups (broad SMARTS) is 1. The standard InChI is InChI=1S/C4HF7O3/c5-2(3(6,7)8,4(9,10)11)14-1(12)13/h(H,12,13). The van der Waals surface area contributed by atoms with Crippen molar-refractivity contribution in [2.24, 2.45) is 0 Å². The summed E-state index contributed by atoms with van der Waals surface area (Å²) in [7, 11) is 0. The second-order valence-corrected chi connectivity index (χ2v) is 1.96. The fraction of sp³-hybridized carbons (Fsp3) is 0.750. The zero-order valence-electron chi connectivity index (χ0n) is 5.91. The van der Waals surface area contributed by atoms with Crippen LogP contribution in [0, 0.1) is 0 Å². The number of hydrogen-bond acceptors (Lipinski definition) is 2. The minimum absolute atomic E-state index is 2.17. The third-order valence-corrected chi connectivity index (χ3v) is 0.957. The van der Waals surface area contributed by atoms with Crippen LogP contribution in [0.4, 0.5) is 35.5 Å². The molecule has 0 atom stereocenters. The van der Waals surface area contributed by atoms with Gasteiger partial charge in [-0.15, -0.1) is 0 Å². The Labute approximate surface area is 71.1 Å². The maximum Gasteiger partial charge on any atom is 0.509 e. The van der Waals surface area contributed by atoms with E-state index in [1.807, 2.05) is 0 Å². The summed E-state index contributed by atoms with van der Waals surface area (Å²) in [4.78, 5) is 9.45. The molecular weight excluding hydrogens is 229 g/mol. The average Bonchev–Trinajstić information content (AvgIpc) is 1.79. The first kappa shape index (κ1) is 12.8. The van der Waals surface area contributed by atoms with E-state index < -0.39 is 24.4 Å². The zero-order valence-corrected chi connectivity index (χ0v) is 5.91. The lowest BCUT2D eigenvalue weighted by atomic mass is 10.3. The molecule has 84 valence electrons. The molecule has 0 aliphatic heterocycles. The van der Waals surface area contributed by atoms with Crippen molar-refractivity contribution in [2.45, 2.75) is 18.2 Å². The van der Waals surface area contributed by atoms with Crippen LogP contribution in [-0.2, 0) is 4.74 Å². The largest absolute Gasteiger partial charge is 0.509 e. The van der Waals surface area contributed by atoms with E-state index in [2.05, 4.69) is 4.74 Å². The van der Waals surface area contributed by atoms with Crippen molar-refractivity contribution in [1.82, 2.24) is 0 Å². The molecule has 0 aromatic carbocycles. The monoisotopic (exact) mass is 230 g/mol. The summed E-state index contributed by atoms with van der Waals surface area (Å²) in [5.74, 6) is -6.20. The van der Waals surface area contributed by atoms with E-state index in [-0.39, 0.29) is 0 Å². The number of alkyl halides is 7. The van der Waals surface area contributed by atoms with Gasteiger partial charge in [0, 0.05) is 0 Å². The van der Waals surface area contributed by atoms with Gasteiger partial charge < -0.3 is 9.84 Å². The van der Waals surface area contributed by atoms with E-state index >= 15 is 0 Å². The molecule has 14 heavy (non-hydrogen) atoms. The van der Waals surface area contributed by atoms with Gasteiger partial charge in [-0.25, -0.2) is 4.79 Å². The summed E-state index contributed by atoms with van der Waals surface area (Å²) in [6.45, 7) is 0. The van der Waals surface area contributed by atoms with E-state index in [4.69, 9.17) is 5.11 Å². The molecule has 0 fully saturated rings. The van der Waals surface area contributed by atoms with Crippen LogP contribution < -0.4 is 0 Å². The fourth-order valence-electron chi connectivity index (χ4n) is 0.397. The molecule has 0 unspecified atom stereocenters. The summed E-state index contributed by atoms with van der Waals surface area (Å²) < 4.78 is 83.2. The Morgan fingerprint density at radius 1 is 0.929 bits per heavy atom. The summed E-state index contributed by atoms with van der Waals surface area (Å²) >= 11 is 0. The molecule has 0 aliphatic carbocycles. The van der Waals surface area contributed by atoms with Crippen molar-refractivity contribution in [2.75, 3.05) is 0 Å². The van der Waals surface area contributed by atoms with Crippen molar-refractivity contribution < 1.29 is 45.4 Å². The highest BCUT2D eigenvalue weighted by Crippen LogP contribution is 2.46. The van der Waals surface area contributed by atoms with Crippen LogP contribution in [0.25, 0.3) is 0 Å². The predicted octanol–water partition coefficient (Wildman–Crippen LogP) is 2.47. The van der Waals surface area contributed by atoms with Crippen molar-refractivity contribution in [3.63, 3.8) is 0 Å². The third kappa shape index (κ3) is 2.17. The summed E-state index contributed by atoms with van der Waals surface area (Å²) in [6.07, 6.45) is -16.1. The first-order valence-electron chi connectivity index (χ1n) is 2.66. The second kappa shape index (κ2) is 3.17. The van der Waals surface area contributed by atoms with Crippen LogP contribution in [0.15, 0.2) is 0 Å². The van der Waals surface area contributed by atoms with Crippen LogP contribution in [0.2, 0.25) is 0 Å². The van der Waals surface area contributed by atoms with Crippen molar-refractivity contribution in [3.05, 3.63) is 0 Å². The van der Waals surface area contributed by atoms with Gasteiger partial charge in [0.2, 0.25) is 0 Å². The van der Waals surface area contributed by atoms with Crippen LogP contribution in [0.1, 0.15) is 0 Å². The maximum atomic E-state index is 12.2. The summed E-state index contributed by atoms with van der Waals surface area (Å²) in [5, 5.41) is 7.51. The Morgan fingerprint density at radius 2 is 1.21 bits per heavy atom. The lowest BCUT2D eigenvalue weighted by molar-refractivity contribution is -0.416. The molecule has 3 nitrogen and oxygen atoms in total. The topological polar surface area (TPSA) is 46.5 Å². The lowest BCUT2D eigenvalue weighted by Crippen LogP contribution is -2.56. The molecule has 0 aliphatic rings. The van der Waals surface area contributed by atoms with E-state index in [0.717, 1.165) is 0 Å². The minimum Gasteiger partial charge on any atom is -0.450 e. The average molecular weight is 230 g/mol. The number of ether oxygens (including phenoxy) is 1. The van der Waals surface area contributed by atoms with Crippen LogP contribution in [-0.4, -0.2) is 29.5 Å². The first-order chi connectivity index (χ1) is 5.92. The Kier molecular flexibility index (Phi) is 2.89. The normalized spacial score (nSPS) is 13.9. The first-order valence-corrected chi connectivity index (χ1v) is 2.66. The third-order valence-electron chi connectivity index (χ3n) is 0.957. The quantitative estimate of drug-likeness (QED) is 0.555. The molecular formula is C4HF7O3. The van der Waals surface area contributed by atoms with Gasteiger partial charge in [0.05, 0.1) is 0 Å². The van der Waals surface area contributed by atoms with Gasteiger partial charge >= 0.3 is 24.4 Å². The van der Waals surface area contributed by atoms with Gasteiger partial charge in [-0.1, -0.05) is 0 Å². The molecule has 0 saturated carbocycles. The highest BCUT2D eigenvalue weighted by molar-refractivity contribution is 5.57. The van der Waals surface area contributed by atoms with Crippen LogP contribution in [0.3, 0.4) is 0 Å². The Bertz CT molecular complexity index is 214. The number of rotatable bonds is 1. The molecule has 0 saturated heterocycles. The van der Waals surface area contributed by atoms with Crippen LogP contribution >= 0.6 is 0 Å². The number of hydrogen-bond donors (Lipinski definition) is 1. The minimum atomic E-state index is -6.52. The molecule has 0 bridgehead atoms. The van der Waals surface area contributed by atoms with Gasteiger partial charge in [-0.3, -0.25) is 0 Å². The molecule has 0 aromatic heterocycles. The molecule has 0 spiro atoms. The molecule has 10 heteroatoms. The van der Waals surface area contributed by atoms with Crippen LogP contribution in [0.5, 0.6) is 0 Å². The smallest absolute Gasteiger partial charge is 0.450 e. The SMILES string of the molecule is O=C(O)OC(F)(C(F)(F)F)C(F)(F)F. The molecule has 0 heterocycles. The molecule has 0 amide bonds. The number of carbonyl (C=O) groups is 1. The molecule has 0 aromatic rings. The Balaban J connectivity index is 5.18. The predicted molar refractivity (Wildman–Crippen MR) is 25.1 cm³/mol. The highest BCUT2D eigenvalue weighted by atomic mass is 19.4. The Hall–Kier alpha value is -1.22. The van der Waals surface area contributed by atoms with Gasteiger partial charge in [-0.2, -0.15) is 30.7 Å². The summed E-state index contributed by atoms with van der Waals surface area (Å²) in [5.41, 5.74) is 0. The van der Waals surface area contributed by atoms with E-state index in [0.29, 0.717) is 0 Å². The van der Waals surface area contributed by atoms with Crippen molar-refractivity contribution in [3.8, 4) is 0 Å². The van der Waals surface area contributed by atoms with E-state index in [9.17, 15) is 35.5 Å². The van der Waals surface area contributed by atoms with E-state index in [1.165, 1.54) is 0 Å². The fourth-order valence-corrected chi connectivity index (χ4v) is 0.397. The van der Waals surface area contributed by atoms with Gasteiger partial charge in [0.25, 0.3) is 0 Å². The van der Waals surface area contributed by atoms with Gasteiger partial charge in [0.15, 0.2) is 0 Å².